The molecule has 0 radical (unpaired) electrons. The van der Waals surface area contributed by atoms with E-state index in [0.29, 0.717) is 0 Å². The van der Waals surface area contributed by atoms with Gasteiger partial charge < -0.3 is 4.90 Å². The van der Waals surface area contributed by atoms with E-state index in [4.69, 9.17) is 0 Å². The smallest absolute Gasteiger partial charge is 0.170 e. The summed E-state index contributed by atoms with van der Waals surface area (Å²) in [6.07, 6.45) is 27.4. The number of rotatable bonds is 18. The van der Waals surface area contributed by atoms with Crippen LogP contribution in [0.15, 0.2) is 24.5 Å². The fourth-order valence-electron chi connectivity index (χ4n) is 3.74. The van der Waals surface area contributed by atoms with Crippen LogP contribution in [0.3, 0.4) is 0 Å². The average Bonchev–Trinajstić information content (AvgIpc) is 2.68. The maximum absolute atomic E-state index is 2.32. The summed E-state index contributed by atoms with van der Waals surface area (Å²) in [5.41, 5.74) is 1.28. The topological polar surface area (TPSA) is 7.12 Å². The first-order valence-electron chi connectivity index (χ1n) is 11.9. The van der Waals surface area contributed by atoms with Crippen molar-refractivity contribution < 1.29 is 4.57 Å². The first-order valence-corrected chi connectivity index (χ1v) is 11.9. The summed E-state index contributed by atoms with van der Waals surface area (Å²) >= 11 is 0. The number of nitrogens with zero attached hydrogens (tertiary/aromatic N) is 2. The Bertz CT molecular complexity index is 424. The Labute approximate surface area is 170 Å². The SMILES string of the molecule is CCCCCCCCCCCCCCCCCC[n+]1ccc(N(C)C)cc1. The van der Waals surface area contributed by atoms with E-state index in [1.807, 2.05) is 0 Å². The maximum Gasteiger partial charge on any atom is 0.170 e. The number of anilines is 1. The van der Waals surface area contributed by atoms with Crippen LogP contribution >= 0.6 is 0 Å². The molecule has 2 nitrogen and oxygen atoms in total. The molecule has 0 bridgehead atoms. The molecule has 0 aliphatic carbocycles. The van der Waals surface area contributed by atoms with Crippen LogP contribution in [-0.2, 0) is 6.54 Å². The molecule has 0 aromatic carbocycles. The molecule has 0 atom stereocenters. The number of aryl methyl sites for hydroxylation is 1. The second-order valence-electron chi connectivity index (χ2n) is 8.49. The molecule has 0 N–H and O–H groups in total. The summed E-state index contributed by atoms with van der Waals surface area (Å²) in [5.74, 6) is 0. The third kappa shape index (κ3) is 13.7. The Balaban J connectivity index is 1.80. The van der Waals surface area contributed by atoms with Gasteiger partial charge in [-0.05, 0) is 6.42 Å². The first-order chi connectivity index (χ1) is 13.2. The lowest BCUT2D eigenvalue weighted by molar-refractivity contribution is -0.697. The Morgan fingerprint density at radius 1 is 0.593 bits per heavy atom. The molecule has 0 amide bonds. The van der Waals surface area contributed by atoms with Gasteiger partial charge in [-0.15, -0.1) is 0 Å². The zero-order valence-corrected chi connectivity index (χ0v) is 18.7. The van der Waals surface area contributed by atoms with Crippen LogP contribution in [0.4, 0.5) is 5.69 Å². The van der Waals surface area contributed by atoms with Crippen LogP contribution in [0.25, 0.3) is 0 Å². The molecule has 0 spiro atoms. The van der Waals surface area contributed by atoms with E-state index in [1.54, 1.807) is 0 Å². The van der Waals surface area contributed by atoms with Crippen molar-refractivity contribution in [1.82, 2.24) is 0 Å². The molecule has 2 heteroatoms. The van der Waals surface area contributed by atoms with Gasteiger partial charge in [0.2, 0.25) is 0 Å². The minimum atomic E-state index is 1.16. The summed E-state index contributed by atoms with van der Waals surface area (Å²) in [5, 5.41) is 0. The molecule has 0 aliphatic heterocycles. The van der Waals surface area contributed by atoms with E-state index >= 15 is 0 Å². The van der Waals surface area contributed by atoms with Crippen molar-refractivity contribution >= 4 is 5.69 Å². The standard InChI is InChI=1S/C25H47N2/c1-4-5-6-7-8-9-10-11-12-13-14-15-16-17-18-19-22-27-23-20-25(21-24-27)26(2)3/h20-21,23-24H,4-19,22H2,1-3H3/q+1. The third-order valence-electron chi connectivity index (χ3n) is 5.66. The molecule has 0 fully saturated rings. The van der Waals surface area contributed by atoms with Gasteiger partial charge in [0.15, 0.2) is 12.4 Å². The summed E-state index contributed by atoms with van der Waals surface area (Å²) in [4.78, 5) is 2.15. The second kappa shape index (κ2) is 17.1. The molecule has 1 aromatic rings. The summed E-state index contributed by atoms with van der Waals surface area (Å²) < 4.78 is 2.32. The molecule has 1 heterocycles. The van der Waals surface area contributed by atoms with Crippen LogP contribution in [-0.4, -0.2) is 14.1 Å². The minimum Gasteiger partial charge on any atom is -0.377 e. The zero-order valence-electron chi connectivity index (χ0n) is 18.7. The van der Waals surface area contributed by atoms with E-state index in [-0.39, 0.29) is 0 Å². The highest BCUT2D eigenvalue weighted by Gasteiger charge is 2.02. The molecule has 1 aromatic heterocycles. The van der Waals surface area contributed by atoms with E-state index in [0.717, 1.165) is 6.54 Å². The fourth-order valence-corrected chi connectivity index (χ4v) is 3.74. The van der Waals surface area contributed by atoms with Gasteiger partial charge in [-0.1, -0.05) is 96.8 Å². The van der Waals surface area contributed by atoms with Crippen molar-refractivity contribution in [2.75, 3.05) is 19.0 Å². The van der Waals surface area contributed by atoms with Crippen molar-refractivity contribution in [3.63, 3.8) is 0 Å². The van der Waals surface area contributed by atoms with Gasteiger partial charge in [0, 0.05) is 38.3 Å². The highest BCUT2D eigenvalue weighted by Crippen LogP contribution is 2.13. The van der Waals surface area contributed by atoms with E-state index in [2.05, 4.69) is 55.0 Å². The lowest BCUT2D eigenvalue weighted by atomic mass is 10.0. The van der Waals surface area contributed by atoms with Crippen molar-refractivity contribution in [2.45, 2.75) is 116 Å². The lowest BCUT2D eigenvalue weighted by Gasteiger charge is -2.10. The molecule has 0 saturated heterocycles. The number of pyridine rings is 1. The monoisotopic (exact) mass is 375 g/mol. The molecule has 0 aliphatic rings. The molecular formula is C25H47N2+. The van der Waals surface area contributed by atoms with E-state index < -0.39 is 0 Å². The van der Waals surface area contributed by atoms with Gasteiger partial charge >= 0.3 is 0 Å². The highest BCUT2D eigenvalue weighted by atomic mass is 15.1. The Morgan fingerprint density at radius 3 is 1.33 bits per heavy atom. The maximum atomic E-state index is 2.32. The van der Waals surface area contributed by atoms with E-state index in [9.17, 15) is 0 Å². The van der Waals surface area contributed by atoms with Crippen LogP contribution in [0.1, 0.15) is 110 Å². The quantitative estimate of drug-likeness (QED) is 0.193. The normalized spacial score (nSPS) is 11.1. The van der Waals surface area contributed by atoms with Crippen LogP contribution in [0.5, 0.6) is 0 Å². The van der Waals surface area contributed by atoms with Crippen LogP contribution in [0, 0.1) is 0 Å². The van der Waals surface area contributed by atoms with Gasteiger partial charge in [0.25, 0.3) is 0 Å². The highest BCUT2D eigenvalue weighted by molar-refractivity contribution is 5.41. The Hall–Kier alpha value is -1.05. The lowest BCUT2D eigenvalue weighted by Crippen LogP contribution is -2.32. The number of unbranched alkanes of at least 4 members (excludes halogenated alkanes) is 15. The predicted molar refractivity (Wildman–Crippen MR) is 121 cm³/mol. The van der Waals surface area contributed by atoms with Crippen LogP contribution < -0.4 is 9.47 Å². The van der Waals surface area contributed by atoms with Crippen molar-refractivity contribution in [1.29, 1.82) is 0 Å². The molecule has 156 valence electrons. The predicted octanol–water partition coefficient (Wildman–Crippen LogP) is 7.30. The Kier molecular flexibility index (Phi) is 15.2. The van der Waals surface area contributed by atoms with Crippen molar-refractivity contribution in [2.24, 2.45) is 0 Å². The van der Waals surface area contributed by atoms with Gasteiger partial charge in [0.1, 0.15) is 6.54 Å². The first kappa shape index (κ1) is 24.0. The zero-order chi connectivity index (χ0) is 19.6. The third-order valence-corrected chi connectivity index (χ3v) is 5.66. The average molecular weight is 376 g/mol. The Morgan fingerprint density at radius 2 is 0.963 bits per heavy atom. The van der Waals surface area contributed by atoms with E-state index in [1.165, 1.54) is 108 Å². The van der Waals surface area contributed by atoms with Gasteiger partial charge in [0.05, 0.1) is 0 Å². The summed E-state index contributed by atoms with van der Waals surface area (Å²) in [7, 11) is 4.19. The van der Waals surface area contributed by atoms with Crippen molar-refractivity contribution in [3.05, 3.63) is 24.5 Å². The fraction of sp³-hybridized carbons (Fsp3) is 0.800. The number of hydrogen-bond donors (Lipinski definition) is 0. The van der Waals surface area contributed by atoms with Gasteiger partial charge in [-0.3, -0.25) is 0 Å². The van der Waals surface area contributed by atoms with Gasteiger partial charge in [-0.25, -0.2) is 4.57 Å². The molecular weight excluding hydrogens is 328 g/mol. The van der Waals surface area contributed by atoms with Crippen molar-refractivity contribution in [3.8, 4) is 0 Å². The number of hydrogen-bond acceptors (Lipinski definition) is 1. The molecule has 27 heavy (non-hydrogen) atoms. The largest absolute Gasteiger partial charge is 0.377 e. The molecule has 0 unspecified atom stereocenters. The van der Waals surface area contributed by atoms with Crippen LogP contribution in [0.2, 0.25) is 0 Å². The number of aromatic nitrogens is 1. The molecule has 0 saturated carbocycles. The van der Waals surface area contributed by atoms with Gasteiger partial charge in [-0.2, -0.15) is 0 Å². The minimum absolute atomic E-state index is 1.16. The summed E-state index contributed by atoms with van der Waals surface area (Å²) in [6, 6.07) is 4.40. The second-order valence-corrected chi connectivity index (χ2v) is 8.49. The summed E-state index contributed by atoms with van der Waals surface area (Å²) in [6.45, 7) is 3.46. The molecule has 1 rings (SSSR count).